The number of nitrogens with one attached hydrogen (secondary N) is 1. The van der Waals surface area contributed by atoms with Crippen LogP contribution in [0, 0.1) is 11.3 Å². The Balaban J connectivity index is 2.67. The molecule has 0 saturated heterocycles. The van der Waals surface area contributed by atoms with Crippen LogP contribution in [0.3, 0.4) is 0 Å². The van der Waals surface area contributed by atoms with Crippen molar-refractivity contribution >= 4 is 6.21 Å². The molecule has 0 aliphatic heterocycles. The summed E-state index contributed by atoms with van der Waals surface area (Å²) in [5, 5.41) is 16.0. The van der Waals surface area contributed by atoms with Crippen LogP contribution in [0.25, 0.3) is 0 Å². The molecule has 4 N–H and O–H groups in total. The van der Waals surface area contributed by atoms with Gasteiger partial charge in [0.15, 0.2) is 0 Å². The summed E-state index contributed by atoms with van der Waals surface area (Å²) in [6, 6.07) is 0. The Morgan fingerprint density at radius 3 is 3.00 bits per heavy atom. The number of aliphatic hydroxyl groups excluding tert-OH is 1. The summed E-state index contributed by atoms with van der Waals surface area (Å²) in [6.07, 6.45) is 12.3. The van der Waals surface area contributed by atoms with Gasteiger partial charge < -0.3 is 16.2 Å². The summed E-state index contributed by atoms with van der Waals surface area (Å²) < 4.78 is 0. The maximum atomic E-state index is 8.98. The fourth-order valence-corrected chi connectivity index (χ4v) is 1.58. The SMILES string of the molecule is C/C(O)=C\C=C\C1=C(N)CC(CC=N)C=C1. The summed E-state index contributed by atoms with van der Waals surface area (Å²) in [7, 11) is 0. The van der Waals surface area contributed by atoms with E-state index < -0.39 is 0 Å². The molecule has 16 heavy (non-hydrogen) atoms. The Morgan fingerprint density at radius 2 is 2.44 bits per heavy atom. The number of hydrogen-bond acceptors (Lipinski definition) is 3. The Labute approximate surface area is 96.2 Å². The minimum Gasteiger partial charge on any atom is -0.513 e. The molecule has 1 aliphatic rings. The van der Waals surface area contributed by atoms with Gasteiger partial charge in [0.05, 0.1) is 5.76 Å². The quantitative estimate of drug-likeness (QED) is 0.386. The fourth-order valence-electron chi connectivity index (χ4n) is 1.58. The molecule has 3 nitrogen and oxygen atoms in total. The highest BCUT2D eigenvalue weighted by Crippen LogP contribution is 2.22. The highest BCUT2D eigenvalue weighted by Gasteiger charge is 2.11. The Kier molecular flexibility index (Phi) is 4.58. The molecular formula is C13H18N2O. The molecule has 3 heteroatoms. The van der Waals surface area contributed by atoms with Crippen LogP contribution in [0.4, 0.5) is 0 Å². The zero-order valence-corrected chi connectivity index (χ0v) is 9.48. The van der Waals surface area contributed by atoms with Crippen molar-refractivity contribution < 1.29 is 5.11 Å². The minimum atomic E-state index is 0.275. The van der Waals surface area contributed by atoms with Crippen LogP contribution < -0.4 is 5.73 Å². The molecule has 0 aromatic carbocycles. The van der Waals surface area contributed by atoms with Crippen LogP contribution >= 0.6 is 0 Å². The number of hydrogen-bond donors (Lipinski definition) is 3. The van der Waals surface area contributed by atoms with Crippen molar-refractivity contribution in [2.45, 2.75) is 19.8 Å². The maximum absolute atomic E-state index is 8.98. The highest BCUT2D eigenvalue weighted by atomic mass is 16.3. The summed E-state index contributed by atoms with van der Waals surface area (Å²) in [5.74, 6) is 0.627. The third-order valence-corrected chi connectivity index (χ3v) is 2.43. The first-order valence-electron chi connectivity index (χ1n) is 5.33. The summed E-state index contributed by atoms with van der Waals surface area (Å²) in [6.45, 7) is 1.62. The third-order valence-electron chi connectivity index (χ3n) is 2.43. The molecule has 1 rings (SSSR count). The van der Waals surface area contributed by atoms with Gasteiger partial charge in [-0.2, -0.15) is 0 Å². The van der Waals surface area contributed by atoms with Crippen LogP contribution in [-0.2, 0) is 0 Å². The van der Waals surface area contributed by atoms with Gasteiger partial charge in [0.1, 0.15) is 0 Å². The first kappa shape index (κ1) is 12.3. The Hall–Kier alpha value is -1.77. The van der Waals surface area contributed by atoms with Gasteiger partial charge in [-0.15, -0.1) is 0 Å². The monoisotopic (exact) mass is 218 g/mol. The molecule has 0 saturated carbocycles. The lowest BCUT2D eigenvalue weighted by Gasteiger charge is -2.16. The minimum absolute atomic E-state index is 0.275. The number of aliphatic hydroxyl groups is 1. The second kappa shape index (κ2) is 5.95. The van der Waals surface area contributed by atoms with E-state index in [1.807, 2.05) is 12.2 Å². The predicted octanol–water partition coefficient (Wildman–Crippen LogP) is 2.83. The van der Waals surface area contributed by atoms with Crippen molar-refractivity contribution in [1.82, 2.24) is 0 Å². The second-order valence-electron chi connectivity index (χ2n) is 3.91. The maximum Gasteiger partial charge on any atom is 0.0891 e. The molecule has 0 bridgehead atoms. The summed E-state index contributed by atoms with van der Waals surface area (Å²) in [4.78, 5) is 0. The van der Waals surface area contributed by atoms with Crippen LogP contribution in [-0.4, -0.2) is 11.3 Å². The van der Waals surface area contributed by atoms with Crippen LogP contribution in [0.1, 0.15) is 19.8 Å². The van der Waals surface area contributed by atoms with E-state index >= 15 is 0 Å². The average molecular weight is 218 g/mol. The van der Waals surface area contributed by atoms with E-state index in [4.69, 9.17) is 16.2 Å². The van der Waals surface area contributed by atoms with Crippen molar-refractivity contribution in [2.24, 2.45) is 11.7 Å². The summed E-state index contributed by atoms with van der Waals surface area (Å²) >= 11 is 0. The second-order valence-corrected chi connectivity index (χ2v) is 3.91. The zero-order valence-electron chi connectivity index (χ0n) is 9.48. The van der Waals surface area contributed by atoms with E-state index in [0.717, 1.165) is 24.1 Å². The normalized spacial score (nSPS) is 21.8. The standard InChI is InChI=1S/C13H18N2O/c1-10(16)3-2-4-12-6-5-11(7-8-14)9-13(12)15/h2-6,8,11,14,16H,7,9,15H2,1H3/b4-2+,10-3+,14-8?. The van der Waals surface area contributed by atoms with Gasteiger partial charge in [-0.3, -0.25) is 0 Å². The van der Waals surface area contributed by atoms with Gasteiger partial charge in [0, 0.05) is 5.70 Å². The lowest BCUT2D eigenvalue weighted by Crippen LogP contribution is -2.11. The van der Waals surface area contributed by atoms with Gasteiger partial charge in [-0.05, 0) is 43.5 Å². The van der Waals surface area contributed by atoms with Crippen molar-refractivity contribution in [2.75, 3.05) is 0 Å². The van der Waals surface area contributed by atoms with Gasteiger partial charge in [-0.25, -0.2) is 0 Å². The Bertz CT molecular complexity index is 371. The van der Waals surface area contributed by atoms with E-state index in [1.54, 1.807) is 19.1 Å². The number of allylic oxidation sites excluding steroid dienone is 8. The largest absolute Gasteiger partial charge is 0.513 e. The lowest BCUT2D eigenvalue weighted by molar-refractivity contribution is 0.414. The number of nitrogens with two attached hydrogens (primary N) is 1. The molecule has 1 atom stereocenters. The van der Waals surface area contributed by atoms with E-state index in [9.17, 15) is 0 Å². The van der Waals surface area contributed by atoms with Gasteiger partial charge in [-0.1, -0.05) is 24.3 Å². The van der Waals surface area contributed by atoms with Gasteiger partial charge >= 0.3 is 0 Å². The molecular weight excluding hydrogens is 200 g/mol. The van der Waals surface area contributed by atoms with E-state index in [2.05, 4.69) is 6.08 Å². The van der Waals surface area contributed by atoms with Crippen molar-refractivity contribution in [3.8, 4) is 0 Å². The first-order valence-corrected chi connectivity index (χ1v) is 5.33. The van der Waals surface area contributed by atoms with Crippen LogP contribution in [0.15, 0.2) is 47.4 Å². The number of rotatable bonds is 4. The fraction of sp³-hybridized carbons (Fsp3) is 0.308. The predicted molar refractivity (Wildman–Crippen MR) is 67.4 cm³/mol. The van der Waals surface area contributed by atoms with Crippen molar-refractivity contribution in [1.29, 1.82) is 5.41 Å². The molecule has 0 heterocycles. The van der Waals surface area contributed by atoms with Crippen LogP contribution in [0.5, 0.6) is 0 Å². The molecule has 1 aliphatic carbocycles. The molecule has 0 fully saturated rings. The van der Waals surface area contributed by atoms with Crippen LogP contribution in [0.2, 0.25) is 0 Å². The average Bonchev–Trinajstić information content (AvgIpc) is 2.21. The van der Waals surface area contributed by atoms with E-state index in [-0.39, 0.29) is 5.76 Å². The molecule has 0 amide bonds. The smallest absolute Gasteiger partial charge is 0.0891 e. The van der Waals surface area contributed by atoms with E-state index in [0.29, 0.717) is 5.92 Å². The van der Waals surface area contributed by atoms with E-state index in [1.165, 1.54) is 6.21 Å². The molecule has 0 aromatic heterocycles. The molecule has 0 spiro atoms. The highest BCUT2D eigenvalue weighted by molar-refractivity contribution is 5.54. The van der Waals surface area contributed by atoms with Crippen molar-refractivity contribution in [3.05, 3.63) is 47.4 Å². The summed E-state index contributed by atoms with van der Waals surface area (Å²) in [5.41, 5.74) is 7.76. The Morgan fingerprint density at radius 1 is 1.69 bits per heavy atom. The zero-order chi connectivity index (χ0) is 12.0. The lowest BCUT2D eigenvalue weighted by atomic mass is 9.92. The first-order chi connectivity index (χ1) is 7.63. The van der Waals surface area contributed by atoms with Gasteiger partial charge in [0.2, 0.25) is 0 Å². The van der Waals surface area contributed by atoms with Gasteiger partial charge in [0.25, 0.3) is 0 Å². The molecule has 86 valence electrons. The third kappa shape index (κ3) is 3.77. The molecule has 0 aromatic rings. The van der Waals surface area contributed by atoms with Crippen molar-refractivity contribution in [3.63, 3.8) is 0 Å². The topological polar surface area (TPSA) is 70.1 Å². The molecule has 0 radical (unpaired) electrons. The molecule has 1 unspecified atom stereocenters.